The summed E-state index contributed by atoms with van der Waals surface area (Å²) < 4.78 is 5.64. The Labute approximate surface area is 214 Å². The standard InChI is InChI=1S/C28H25N3O4S/c1-2-35-25-12-11-19(17-31-27(33)22-9-5-6-10-23(22)28(31)34)15-24(25)26(32)30-13-14-36-18-21-8-4-3-7-20(21)16-29/h3-12,15H,2,13-14,17-18H2,1H3,(H,30,32). The average molecular weight is 500 g/mol. The number of nitrogens with one attached hydrogen (secondary N) is 1. The minimum atomic E-state index is -0.342. The maximum Gasteiger partial charge on any atom is 0.261 e. The zero-order valence-electron chi connectivity index (χ0n) is 19.8. The molecule has 1 heterocycles. The molecule has 0 saturated heterocycles. The van der Waals surface area contributed by atoms with E-state index in [1.54, 1.807) is 60.3 Å². The van der Waals surface area contributed by atoms with E-state index in [1.807, 2.05) is 25.1 Å². The number of amides is 3. The second-order valence-corrected chi connectivity index (χ2v) is 9.19. The summed E-state index contributed by atoms with van der Waals surface area (Å²) in [5, 5.41) is 12.1. The highest BCUT2D eigenvalue weighted by molar-refractivity contribution is 7.98. The number of rotatable bonds is 10. The first kappa shape index (κ1) is 25.0. The number of nitriles is 1. The Balaban J connectivity index is 1.39. The number of hydrogen-bond donors (Lipinski definition) is 1. The largest absolute Gasteiger partial charge is 0.493 e. The predicted molar refractivity (Wildman–Crippen MR) is 138 cm³/mol. The fraction of sp³-hybridized carbons (Fsp3) is 0.214. The van der Waals surface area contributed by atoms with Gasteiger partial charge >= 0.3 is 0 Å². The highest BCUT2D eigenvalue weighted by Gasteiger charge is 2.35. The van der Waals surface area contributed by atoms with Crippen LogP contribution in [0.4, 0.5) is 0 Å². The number of fused-ring (bicyclic) bond motifs is 1. The van der Waals surface area contributed by atoms with Crippen molar-refractivity contribution >= 4 is 29.5 Å². The highest BCUT2D eigenvalue weighted by atomic mass is 32.2. The van der Waals surface area contributed by atoms with Crippen LogP contribution in [0.2, 0.25) is 0 Å². The third-order valence-corrected chi connectivity index (χ3v) is 6.74. The van der Waals surface area contributed by atoms with Crippen molar-refractivity contribution in [3.63, 3.8) is 0 Å². The van der Waals surface area contributed by atoms with Gasteiger partial charge in [0.25, 0.3) is 17.7 Å². The second kappa shape index (κ2) is 11.6. The summed E-state index contributed by atoms with van der Waals surface area (Å²) in [7, 11) is 0. The van der Waals surface area contributed by atoms with E-state index < -0.39 is 0 Å². The van der Waals surface area contributed by atoms with Crippen LogP contribution in [0.25, 0.3) is 0 Å². The number of benzene rings is 3. The summed E-state index contributed by atoms with van der Waals surface area (Å²) in [6.45, 7) is 2.73. The summed E-state index contributed by atoms with van der Waals surface area (Å²) in [5.74, 6) is 0.817. The number of hydrogen-bond acceptors (Lipinski definition) is 6. The zero-order chi connectivity index (χ0) is 25.5. The Kier molecular flexibility index (Phi) is 8.03. The average Bonchev–Trinajstić information content (AvgIpc) is 3.14. The van der Waals surface area contributed by atoms with E-state index >= 15 is 0 Å². The van der Waals surface area contributed by atoms with Crippen molar-refractivity contribution < 1.29 is 19.1 Å². The van der Waals surface area contributed by atoms with E-state index in [4.69, 9.17) is 4.74 Å². The predicted octanol–water partition coefficient (Wildman–Crippen LogP) is 4.42. The highest BCUT2D eigenvalue weighted by Crippen LogP contribution is 2.26. The van der Waals surface area contributed by atoms with Crippen molar-refractivity contribution in [1.29, 1.82) is 5.26 Å². The van der Waals surface area contributed by atoms with E-state index in [0.717, 1.165) is 5.56 Å². The van der Waals surface area contributed by atoms with Gasteiger partial charge in [0.1, 0.15) is 5.75 Å². The van der Waals surface area contributed by atoms with E-state index in [9.17, 15) is 19.6 Å². The van der Waals surface area contributed by atoms with Gasteiger partial charge in [-0.1, -0.05) is 36.4 Å². The molecule has 7 nitrogen and oxygen atoms in total. The van der Waals surface area contributed by atoms with Crippen LogP contribution in [0.1, 0.15) is 54.7 Å². The molecule has 4 rings (SSSR count). The molecule has 8 heteroatoms. The molecule has 3 amide bonds. The van der Waals surface area contributed by atoms with Crippen LogP contribution in [0.15, 0.2) is 66.7 Å². The zero-order valence-corrected chi connectivity index (χ0v) is 20.6. The minimum Gasteiger partial charge on any atom is -0.493 e. The molecule has 3 aromatic rings. The van der Waals surface area contributed by atoms with Gasteiger partial charge in [0.15, 0.2) is 0 Å². The molecule has 1 N–H and O–H groups in total. The molecule has 0 radical (unpaired) electrons. The topological polar surface area (TPSA) is 99.5 Å². The molecular weight excluding hydrogens is 474 g/mol. The number of nitrogens with zero attached hydrogens (tertiary/aromatic N) is 2. The van der Waals surface area contributed by atoms with Gasteiger partial charge in [0.05, 0.1) is 41.5 Å². The normalized spacial score (nSPS) is 12.3. The quantitative estimate of drug-likeness (QED) is 0.328. The van der Waals surface area contributed by atoms with Crippen LogP contribution in [0.5, 0.6) is 5.75 Å². The van der Waals surface area contributed by atoms with Crippen LogP contribution < -0.4 is 10.1 Å². The van der Waals surface area contributed by atoms with Crippen LogP contribution in [0.3, 0.4) is 0 Å². The monoisotopic (exact) mass is 499 g/mol. The SMILES string of the molecule is CCOc1ccc(CN2C(=O)c3ccccc3C2=O)cc1C(=O)NCCSCc1ccccc1C#N. The maximum absolute atomic E-state index is 13.0. The van der Waals surface area contributed by atoms with Crippen LogP contribution in [0, 0.1) is 11.3 Å². The molecule has 0 aromatic heterocycles. The van der Waals surface area contributed by atoms with Crippen molar-refractivity contribution in [2.75, 3.05) is 18.9 Å². The molecule has 0 spiro atoms. The van der Waals surface area contributed by atoms with E-state index in [0.29, 0.717) is 58.2 Å². The van der Waals surface area contributed by atoms with Crippen molar-refractivity contribution in [2.24, 2.45) is 0 Å². The Morgan fingerprint density at radius 3 is 2.42 bits per heavy atom. The summed E-state index contributed by atoms with van der Waals surface area (Å²) in [6.07, 6.45) is 0. The lowest BCUT2D eigenvalue weighted by Crippen LogP contribution is -2.30. The summed E-state index contributed by atoms with van der Waals surface area (Å²) in [4.78, 5) is 39.6. The first-order chi connectivity index (χ1) is 17.5. The lowest BCUT2D eigenvalue weighted by Gasteiger charge is -2.16. The number of thioether (sulfide) groups is 1. The Morgan fingerprint density at radius 1 is 1.03 bits per heavy atom. The van der Waals surface area contributed by atoms with Gasteiger partial charge in [-0.15, -0.1) is 0 Å². The summed E-state index contributed by atoms with van der Waals surface area (Å²) >= 11 is 1.63. The third kappa shape index (κ3) is 5.42. The number of carbonyl (C=O) groups is 3. The smallest absolute Gasteiger partial charge is 0.261 e. The molecule has 182 valence electrons. The second-order valence-electron chi connectivity index (χ2n) is 8.08. The van der Waals surface area contributed by atoms with Crippen molar-refractivity contribution in [3.8, 4) is 11.8 Å². The van der Waals surface area contributed by atoms with Gasteiger partial charge < -0.3 is 10.1 Å². The molecule has 0 atom stereocenters. The Bertz CT molecular complexity index is 1310. The molecule has 36 heavy (non-hydrogen) atoms. The maximum atomic E-state index is 13.0. The van der Waals surface area contributed by atoms with Crippen molar-refractivity contribution in [1.82, 2.24) is 10.2 Å². The fourth-order valence-electron chi connectivity index (χ4n) is 3.97. The van der Waals surface area contributed by atoms with E-state index in [1.165, 1.54) is 4.90 Å². The number of imide groups is 1. The van der Waals surface area contributed by atoms with Gasteiger partial charge in [-0.25, -0.2) is 0 Å². The third-order valence-electron chi connectivity index (χ3n) is 5.73. The lowest BCUT2D eigenvalue weighted by atomic mass is 10.1. The first-order valence-corrected chi connectivity index (χ1v) is 12.7. The first-order valence-electron chi connectivity index (χ1n) is 11.6. The summed E-state index contributed by atoms with van der Waals surface area (Å²) in [6, 6.07) is 21.5. The fourth-order valence-corrected chi connectivity index (χ4v) is 4.83. The van der Waals surface area contributed by atoms with Crippen LogP contribution in [-0.2, 0) is 12.3 Å². The summed E-state index contributed by atoms with van der Waals surface area (Å²) in [5.41, 5.74) is 3.41. The van der Waals surface area contributed by atoms with Gasteiger partial charge in [0.2, 0.25) is 0 Å². The van der Waals surface area contributed by atoms with Crippen molar-refractivity contribution in [2.45, 2.75) is 19.2 Å². The molecule has 0 unspecified atom stereocenters. The number of carbonyl (C=O) groups excluding carboxylic acids is 3. The van der Waals surface area contributed by atoms with Crippen LogP contribution >= 0.6 is 11.8 Å². The van der Waals surface area contributed by atoms with Gasteiger partial charge in [-0.2, -0.15) is 17.0 Å². The lowest BCUT2D eigenvalue weighted by molar-refractivity contribution is 0.0642. The molecule has 0 fully saturated rings. The molecule has 3 aromatic carbocycles. The molecular formula is C28H25N3O4S. The van der Waals surface area contributed by atoms with Gasteiger partial charge in [0, 0.05) is 18.1 Å². The molecule has 1 aliphatic rings. The van der Waals surface area contributed by atoms with E-state index in [-0.39, 0.29) is 24.3 Å². The van der Waals surface area contributed by atoms with Crippen molar-refractivity contribution in [3.05, 3.63) is 100 Å². The van der Waals surface area contributed by atoms with Gasteiger partial charge in [-0.3, -0.25) is 19.3 Å². The Morgan fingerprint density at radius 2 is 1.72 bits per heavy atom. The minimum absolute atomic E-state index is 0.0627. The molecule has 0 saturated carbocycles. The van der Waals surface area contributed by atoms with E-state index in [2.05, 4.69) is 11.4 Å². The number of ether oxygens (including phenoxy) is 1. The van der Waals surface area contributed by atoms with Gasteiger partial charge in [-0.05, 0) is 48.4 Å². The molecule has 0 aliphatic carbocycles. The molecule has 0 bridgehead atoms. The van der Waals surface area contributed by atoms with Crippen LogP contribution in [-0.4, -0.2) is 41.5 Å². The Hall–Kier alpha value is -4.09. The molecule has 1 aliphatic heterocycles.